The summed E-state index contributed by atoms with van der Waals surface area (Å²) < 4.78 is 0.444. The Bertz CT molecular complexity index is 658. The maximum absolute atomic E-state index is 12.2. The van der Waals surface area contributed by atoms with Crippen LogP contribution in [0, 0.1) is 0 Å². The van der Waals surface area contributed by atoms with E-state index < -0.39 is 0 Å². The Hall–Kier alpha value is -1.33. The van der Waals surface area contributed by atoms with Gasteiger partial charge < -0.3 is 0 Å². The molecule has 0 N–H and O–H groups in total. The van der Waals surface area contributed by atoms with Crippen LogP contribution in [0.25, 0.3) is 0 Å². The Morgan fingerprint density at radius 2 is 1.90 bits per heavy atom. The molecule has 0 aliphatic heterocycles. The summed E-state index contributed by atoms with van der Waals surface area (Å²) in [7, 11) is 0. The zero-order valence-corrected chi connectivity index (χ0v) is 13.9. The van der Waals surface area contributed by atoms with E-state index in [2.05, 4.69) is 36.9 Å². The summed E-state index contributed by atoms with van der Waals surface area (Å²) in [4.78, 5) is 28.1. The molecule has 1 amide bonds. The number of aliphatic imine (C=N–C) groups is 1. The van der Waals surface area contributed by atoms with Crippen molar-refractivity contribution < 1.29 is 9.59 Å². The number of hydrogen-bond donors (Lipinski definition) is 0. The highest BCUT2D eigenvalue weighted by Gasteiger charge is 2.23. The molecule has 1 aromatic carbocycles. The summed E-state index contributed by atoms with van der Waals surface area (Å²) in [5.74, 6) is -0.426. The van der Waals surface area contributed by atoms with Crippen LogP contribution >= 0.6 is 31.9 Å². The molecule has 1 aliphatic rings. The van der Waals surface area contributed by atoms with Crippen molar-refractivity contribution in [1.29, 1.82) is 0 Å². The van der Waals surface area contributed by atoms with Crippen molar-refractivity contribution in [3.63, 3.8) is 0 Å². The van der Waals surface area contributed by atoms with Gasteiger partial charge in [-0.1, -0.05) is 34.1 Å². The smallest absolute Gasteiger partial charge is 0.277 e. The summed E-state index contributed by atoms with van der Waals surface area (Å²) >= 11 is 6.59. The quantitative estimate of drug-likeness (QED) is 0.563. The summed E-state index contributed by atoms with van der Waals surface area (Å²) in [6.45, 7) is 1.77. The molecule has 0 radical (unpaired) electrons. The lowest BCUT2D eigenvalue weighted by Gasteiger charge is -2.15. The number of carbonyl (C=O) groups is 2. The summed E-state index contributed by atoms with van der Waals surface area (Å²) in [6.07, 6.45) is 1.48. The summed E-state index contributed by atoms with van der Waals surface area (Å²) in [5.41, 5.74) is 2.45. The Labute approximate surface area is 133 Å². The Kier molecular flexibility index (Phi) is 4.83. The van der Waals surface area contributed by atoms with E-state index in [0.717, 1.165) is 0 Å². The van der Waals surface area contributed by atoms with Crippen LogP contribution in [0.3, 0.4) is 0 Å². The Morgan fingerprint density at radius 3 is 2.50 bits per heavy atom. The predicted octanol–water partition coefficient (Wildman–Crippen LogP) is 3.84. The molecular weight excluding hydrogens is 386 g/mol. The first-order valence-corrected chi connectivity index (χ1v) is 7.82. The van der Waals surface area contributed by atoms with Crippen LogP contribution in [0.2, 0.25) is 0 Å². The molecule has 1 aliphatic carbocycles. The molecule has 5 heteroatoms. The van der Waals surface area contributed by atoms with Crippen LogP contribution in [-0.4, -0.2) is 22.7 Å². The van der Waals surface area contributed by atoms with E-state index in [-0.39, 0.29) is 11.7 Å². The van der Waals surface area contributed by atoms with Crippen molar-refractivity contribution in [1.82, 2.24) is 0 Å². The van der Waals surface area contributed by atoms with Crippen molar-refractivity contribution in [2.75, 3.05) is 5.33 Å². The third-order valence-corrected chi connectivity index (χ3v) is 4.29. The average molecular weight is 397 g/mol. The molecule has 0 aromatic heterocycles. The first-order valence-electron chi connectivity index (χ1n) is 5.90. The van der Waals surface area contributed by atoms with Gasteiger partial charge >= 0.3 is 0 Å². The van der Waals surface area contributed by atoms with Crippen molar-refractivity contribution in [3.8, 4) is 0 Å². The number of halogens is 2. The first kappa shape index (κ1) is 15.1. The number of amides is 1. The molecule has 0 heterocycles. The van der Waals surface area contributed by atoms with Gasteiger partial charge in [-0.2, -0.15) is 0 Å². The lowest BCUT2D eigenvalue weighted by Crippen LogP contribution is -2.18. The lowest BCUT2D eigenvalue weighted by molar-refractivity contribution is -0.110. The van der Waals surface area contributed by atoms with Gasteiger partial charge in [0.2, 0.25) is 0 Å². The SMILES string of the molecule is CC1=CC(=O)C(Br)=C(CBr)C1=NC(=O)c1ccccc1. The number of rotatable bonds is 2. The molecule has 2 rings (SSSR count). The fraction of sp³-hybridized carbons (Fsp3) is 0.133. The van der Waals surface area contributed by atoms with Crippen LogP contribution < -0.4 is 0 Å². The lowest BCUT2D eigenvalue weighted by atomic mass is 9.97. The van der Waals surface area contributed by atoms with Crippen LogP contribution in [-0.2, 0) is 4.79 Å². The molecule has 0 saturated carbocycles. The molecular formula is C15H11Br2NO2. The van der Waals surface area contributed by atoms with Crippen LogP contribution in [0.4, 0.5) is 0 Å². The van der Waals surface area contributed by atoms with Gasteiger partial charge in [0, 0.05) is 16.5 Å². The van der Waals surface area contributed by atoms with Gasteiger partial charge in [-0.25, -0.2) is 4.99 Å². The number of nitrogens with zero attached hydrogens (tertiary/aromatic N) is 1. The second-order valence-electron chi connectivity index (χ2n) is 4.25. The van der Waals surface area contributed by atoms with Gasteiger partial charge in [0.25, 0.3) is 5.91 Å². The second kappa shape index (κ2) is 6.41. The highest BCUT2D eigenvalue weighted by Crippen LogP contribution is 2.26. The zero-order chi connectivity index (χ0) is 14.7. The van der Waals surface area contributed by atoms with Gasteiger partial charge in [-0.3, -0.25) is 9.59 Å². The van der Waals surface area contributed by atoms with E-state index in [9.17, 15) is 9.59 Å². The zero-order valence-electron chi connectivity index (χ0n) is 10.7. The van der Waals surface area contributed by atoms with Crippen LogP contribution in [0.1, 0.15) is 17.3 Å². The van der Waals surface area contributed by atoms with Crippen molar-refractivity contribution in [3.05, 3.63) is 57.6 Å². The predicted molar refractivity (Wildman–Crippen MR) is 86.7 cm³/mol. The third kappa shape index (κ3) is 3.04. The Morgan fingerprint density at radius 1 is 1.25 bits per heavy atom. The highest BCUT2D eigenvalue weighted by atomic mass is 79.9. The van der Waals surface area contributed by atoms with Crippen molar-refractivity contribution >= 4 is 49.3 Å². The van der Waals surface area contributed by atoms with Crippen molar-refractivity contribution in [2.24, 2.45) is 4.99 Å². The molecule has 0 saturated heterocycles. The fourth-order valence-electron chi connectivity index (χ4n) is 1.84. The standard InChI is InChI=1S/C15H11Br2NO2/c1-9-7-12(19)13(17)11(8-16)14(9)18-15(20)10-5-3-2-4-6-10/h2-7H,8H2,1H3. The Balaban J connectivity index is 2.45. The molecule has 0 fully saturated rings. The molecule has 20 heavy (non-hydrogen) atoms. The van der Waals surface area contributed by atoms with E-state index in [1.807, 2.05) is 6.07 Å². The van der Waals surface area contributed by atoms with Crippen LogP contribution in [0.15, 0.2) is 57.0 Å². The van der Waals surface area contributed by atoms with E-state index in [1.54, 1.807) is 31.2 Å². The minimum absolute atomic E-state index is 0.108. The monoisotopic (exact) mass is 395 g/mol. The summed E-state index contributed by atoms with van der Waals surface area (Å²) in [6, 6.07) is 8.85. The van der Waals surface area contributed by atoms with E-state index >= 15 is 0 Å². The first-order chi connectivity index (χ1) is 9.54. The average Bonchev–Trinajstić information content (AvgIpc) is 2.46. The largest absolute Gasteiger partial charge is 0.289 e. The van der Waals surface area contributed by atoms with Gasteiger partial charge in [-0.05, 0) is 46.6 Å². The van der Waals surface area contributed by atoms with Gasteiger partial charge in [0.15, 0.2) is 5.78 Å². The minimum atomic E-state index is -0.318. The van der Waals surface area contributed by atoms with Gasteiger partial charge in [0.1, 0.15) is 0 Å². The molecule has 102 valence electrons. The topological polar surface area (TPSA) is 46.5 Å². The van der Waals surface area contributed by atoms with Gasteiger partial charge in [0.05, 0.1) is 10.2 Å². The summed E-state index contributed by atoms with van der Waals surface area (Å²) in [5, 5.41) is 0.450. The molecule has 0 bridgehead atoms. The second-order valence-corrected chi connectivity index (χ2v) is 5.60. The normalized spacial score (nSPS) is 17.4. The molecule has 0 unspecified atom stereocenters. The molecule has 3 nitrogen and oxygen atoms in total. The van der Waals surface area contributed by atoms with E-state index in [4.69, 9.17) is 0 Å². The van der Waals surface area contributed by atoms with Crippen molar-refractivity contribution in [2.45, 2.75) is 6.92 Å². The molecule has 0 atom stereocenters. The number of carbonyl (C=O) groups excluding carboxylic acids is 2. The third-order valence-electron chi connectivity index (χ3n) is 2.86. The maximum Gasteiger partial charge on any atom is 0.277 e. The van der Waals surface area contributed by atoms with E-state index in [1.165, 1.54) is 6.08 Å². The molecule has 1 aromatic rings. The molecule has 0 spiro atoms. The number of hydrogen-bond acceptors (Lipinski definition) is 2. The van der Waals surface area contributed by atoms with Crippen LogP contribution in [0.5, 0.6) is 0 Å². The van der Waals surface area contributed by atoms with E-state index in [0.29, 0.717) is 32.2 Å². The van der Waals surface area contributed by atoms with Gasteiger partial charge in [-0.15, -0.1) is 0 Å². The highest BCUT2D eigenvalue weighted by molar-refractivity contribution is 9.12. The number of benzene rings is 1. The minimum Gasteiger partial charge on any atom is -0.289 e. The number of ketones is 1. The fourth-order valence-corrected chi connectivity index (χ4v) is 3.21. The maximum atomic E-state index is 12.2. The number of allylic oxidation sites excluding steroid dienone is 4. The number of alkyl halides is 1.